The van der Waals surface area contributed by atoms with Gasteiger partial charge >= 0.3 is 0 Å². The number of benzene rings is 1. The Hall–Kier alpha value is -1.43. The van der Waals surface area contributed by atoms with Crippen molar-refractivity contribution in [3.8, 4) is 0 Å². The molecule has 0 fully saturated rings. The van der Waals surface area contributed by atoms with Crippen molar-refractivity contribution >= 4 is 40.7 Å². The van der Waals surface area contributed by atoms with Crippen LogP contribution < -0.4 is 16.7 Å². The van der Waals surface area contributed by atoms with Crippen molar-refractivity contribution in [3.05, 3.63) is 40.9 Å². The van der Waals surface area contributed by atoms with Crippen molar-refractivity contribution in [1.29, 1.82) is 0 Å². The van der Waals surface area contributed by atoms with E-state index in [0.29, 0.717) is 0 Å². The Morgan fingerprint density at radius 2 is 2.00 bits per heavy atom. The highest BCUT2D eigenvalue weighted by Crippen LogP contribution is 2.11. The Kier molecular flexibility index (Phi) is 6.49. The van der Waals surface area contributed by atoms with Crippen molar-refractivity contribution < 1.29 is 0 Å². The van der Waals surface area contributed by atoms with Crippen LogP contribution in [0.4, 0.5) is 0 Å². The quantitative estimate of drug-likeness (QED) is 0.346. The van der Waals surface area contributed by atoms with Crippen LogP contribution in [0.5, 0.6) is 0 Å². The Morgan fingerprint density at radius 3 is 2.53 bits per heavy atom. The highest BCUT2D eigenvalue weighted by atomic mass is 35.5. The normalized spacial score (nSPS) is 11.9. The van der Waals surface area contributed by atoms with Gasteiger partial charge in [-0.25, -0.2) is 5.84 Å². The largest absolute Gasteiger partial charge is 0.300 e. The highest BCUT2D eigenvalue weighted by molar-refractivity contribution is 7.80. The standard InChI is InChI=1S/C13H17ClN4S/c1-9(2)12(17-18-13(19)16-15)8-5-10-3-6-11(14)7-4-10/h3-9H,15H2,1-2H3,(H2,16,18,19)/b8-5-,17-12-. The van der Waals surface area contributed by atoms with E-state index in [2.05, 4.69) is 16.0 Å². The Balaban J connectivity index is 2.78. The van der Waals surface area contributed by atoms with Gasteiger partial charge in [0, 0.05) is 5.02 Å². The number of hydrogen-bond acceptors (Lipinski definition) is 3. The third kappa shape index (κ3) is 5.83. The van der Waals surface area contributed by atoms with E-state index in [4.69, 9.17) is 29.7 Å². The first-order chi connectivity index (χ1) is 9.02. The summed E-state index contributed by atoms with van der Waals surface area (Å²) in [6.07, 6.45) is 3.90. The highest BCUT2D eigenvalue weighted by Gasteiger charge is 2.01. The van der Waals surface area contributed by atoms with Crippen LogP contribution in [0, 0.1) is 5.92 Å². The molecule has 6 heteroatoms. The summed E-state index contributed by atoms with van der Waals surface area (Å²) in [6.45, 7) is 4.09. The van der Waals surface area contributed by atoms with Crippen LogP contribution in [0.2, 0.25) is 5.02 Å². The van der Waals surface area contributed by atoms with Gasteiger partial charge in [0.1, 0.15) is 0 Å². The molecule has 0 aromatic heterocycles. The molecule has 4 nitrogen and oxygen atoms in total. The van der Waals surface area contributed by atoms with Gasteiger partial charge in [-0.3, -0.25) is 10.9 Å². The number of nitrogens with zero attached hydrogens (tertiary/aromatic N) is 1. The van der Waals surface area contributed by atoms with Crippen molar-refractivity contribution in [1.82, 2.24) is 10.9 Å². The molecule has 102 valence electrons. The van der Waals surface area contributed by atoms with Crippen LogP contribution in [0.3, 0.4) is 0 Å². The number of nitrogens with two attached hydrogens (primary N) is 1. The fourth-order valence-electron chi connectivity index (χ4n) is 1.26. The maximum atomic E-state index is 5.83. The first-order valence-electron chi connectivity index (χ1n) is 5.80. The first kappa shape index (κ1) is 15.6. The number of hydrazine groups is 1. The average Bonchev–Trinajstić information content (AvgIpc) is 2.39. The predicted octanol–water partition coefficient (Wildman–Crippen LogP) is 2.70. The van der Waals surface area contributed by atoms with E-state index < -0.39 is 0 Å². The van der Waals surface area contributed by atoms with Crippen molar-refractivity contribution in [2.45, 2.75) is 13.8 Å². The fourth-order valence-corrected chi connectivity index (χ4v) is 1.43. The second-order valence-electron chi connectivity index (χ2n) is 4.16. The van der Waals surface area contributed by atoms with Crippen LogP contribution in [0.1, 0.15) is 19.4 Å². The number of rotatable bonds is 4. The minimum absolute atomic E-state index is 0.261. The summed E-state index contributed by atoms with van der Waals surface area (Å²) in [5.74, 6) is 5.42. The number of thiocarbonyl (C=S) groups is 1. The topological polar surface area (TPSA) is 62.4 Å². The molecule has 0 amide bonds. The number of halogens is 1. The zero-order valence-corrected chi connectivity index (χ0v) is 12.4. The number of nitrogens with one attached hydrogen (secondary N) is 2. The molecule has 0 heterocycles. The lowest BCUT2D eigenvalue weighted by Gasteiger charge is -2.07. The molecule has 0 saturated carbocycles. The van der Waals surface area contributed by atoms with Crippen LogP contribution >= 0.6 is 23.8 Å². The molecular formula is C13H17ClN4S. The predicted molar refractivity (Wildman–Crippen MR) is 85.8 cm³/mol. The summed E-state index contributed by atoms with van der Waals surface area (Å²) in [4.78, 5) is 0. The third-order valence-corrected chi connectivity index (χ3v) is 2.79. The molecule has 1 rings (SSSR count). The first-order valence-corrected chi connectivity index (χ1v) is 6.59. The molecule has 0 aliphatic heterocycles. The van der Waals surface area contributed by atoms with Gasteiger partial charge in [-0.1, -0.05) is 43.7 Å². The van der Waals surface area contributed by atoms with Crippen molar-refractivity contribution in [2.75, 3.05) is 0 Å². The van der Waals surface area contributed by atoms with Crippen LogP contribution in [0.25, 0.3) is 6.08 Å². The van der Waals surface area contributed by atoms with Gasteiger partial charge in [-0.05, 0) is 41.9 Å². The molecular weight excluding hydrogens is 280 g/mol. The van der Waals surface area contributed by atoms with Gasteiger partial charge in [-0.2, -0.15) is 5.10 Å². The monoisotopic (exact) mass is 296 g/mol. The molecule has 0 unspecified atom stereocenters. The van der Waals surface area contributed by atoms with Crippen LogP contribution in [-0.4, -0.2) is 10.8 Å². The Bertz CT molecular complexity index is 480. The van der Waals surface area contributed by atoms with E-state index >= 15 is 0 Å². The third-order valence-electron chi connectivity index (χ3n) is 2.33. The van der Waals surface area contributed by atoms with E-state index in [0.717, 1.165) is 16.3 Å². The minimum Gasteiger partial charge on any atom is -0.300 e. The van der Waals surface area contributed by atoms with Gasteiger partial charge in [0.05, 0.1) is 5.71 Å². The summed E-state index contributed by atoms with van der Waals surface area (Å²) in [7, 11) is 0. The lowest BCUT2D eigenvalue weighted by molar-refractivity contribution is 0.853. The van der Waals surface area contributed by atoms with Gasteiger partial charge in [0.2, 0.25) is 5.11 Å². The van der Waals surface area contributed by atoms with E-state index in [1.54, 1.807) is 0 Å². The summed E-state index contributed by atoms with van der Waals surface area (Å²) >= 11 is 10.7. The summed E-state index contributed by atoms with van der Waals surface area (Å²) in [5, 5.41) is 5.19. The van der Waals surface area contributed by atoms with Gasteiger partial charge < -0.3 is 0 Å². The van der Waals surface area contributed by atoms with Crippen molar-refractivity contribution in [2.24, 2.45) is 16.9 Å². The molecule has 19 heavy (non-hydrogen) atoms. The molecule has 0 spiro atoms. The Morgan fingerprint density at radius 1 is 1.37 bits per heavy atom. The maximum Gasteiger partial charge on any atom is 0.201 e. The van der Waals surface area contributed by atoms with E-state index in [1.165, 1.54) is 0 Å². The average molecular weight is 297 g/mol. The van der Waals surface area contributed by atoms with Gasteiger partial charge in [0.15, 0.2) is 0 Å². The van der Waals surface area contributed by atoms with E-state index in [-0.39, 0.29) is 11.0 Å². The second-order valence-corrected chi connectivity index (χ2v) is 5.01. The molecule has 0 saturated heterocycles. The number of allylic oxidation sites excluding steroid dienone is 1. The van der Waals surface area contributed by atoms with Gasteiger partial charge in [0.25, 0.3) is 0 Å². The minimum atomic E-state index is 0.261. The number of hydrazone groups is 1. The molecule has 1 aromatic carbocycles. The summed E-state index contributed by atoms with van der Waals surface area (Å²) < 4.78 is 0. The molecule has 0 bridgehead atoms. The Labute approximate surface area is 123 Å². The van der Waals surface area contributed by atoms with Gasteiger partial charge in [-0.15, -0.1) is 0 Å². The van der Waals surface area contributed by atoms with E-state index in [1.807, 2.05) is 50.3 Å². The zero-order valence-electron chi connectivity index (χ0n) is 10.9. The van der Waals surface area contributed by atoms with Crippen LogP contribution in [-0.2, 0) is 0 Å². The van der Waals surface area contributed by atoms with E-state index in [9.17, 15) is 0 Å². The van der Waals surface area contributed by atoms with Crippen molar-refractivity contribution in [3.63, 3.8) is 0 Å². The molecule has 0 aliphatic rings. The fraction of sp³-hybridized carbons (Fsp3) is 0.231. The maximum absolute atomic E-state index is 5.83. The van der Waals surface area contributed by atoms with Crippen LogP contribution in [0.15, 0.2) is 35.4 Å². The number of hydrogen-bond donors (Lipinski definition) is 3. The lowest BCUT2D eigenvalue weighted by Crippen LogP contribution is -2.37. The zero-order chi connectivity index (χ0) is 14.3. The SMILES string of the molecule is CC(C)C(/C=C\c1ccc(Cl)cc1)=N\NC(=S)NN. The smallest absolute Gasteiger partial charge is 0.201 e. The molecule has 0 atom stereocenters. The molecule has 4 N–H and O–H groups in total. The molecule has 0 aliphatic carbocycles. The molecule has 1 aromatic rings. The lowest BCUT2D eigenvalue weighted by atomic mass is 10.1. The summed E-state index contributed by atoms with van der Waals surface area (Å²) in [5.41, 5.74) is 6.90. The summed E-state index contributed by atoms with van der Waals surface area (Å²) in [6, 6.07) is 7.57. The second kappa shape index (κ2) is 7.89. The molecule has 0 radical (unpaired) electrons.